The van der Waals surface area contributed by atoms with Crippen LogP contribution in [0.3, 0.4) is 0 Å². The lowest BCUT2D eigenvalue weighted by molar-refractivity contribution is 0.415. The molecule has 28 heavy (non-hydrogen) atoms. The van der Waals surface area contributed by atoms with E-state index in [-0.39, 0.29) is 0 Å². The third-order valence-electron chi connectivity index (χ3n) is 4.15. The molecule has 0 saturated carbocycles. The molecule has 0 unspecified atom stereocenters. The van der Waals surface area contributed by atoms with E-state index in [1.54, 1.807) is 25.3 Å². The van der Waals surface area contributed by atoms with E-state index in [0.717, 1.165) is 27.8 Å². The molecule has 8 heteroatoms. The smallest absolute Gasteiger partial charge is 0.187 e. The molecule has 5 nitrogen and oxygen atoms in total. The molecule has 2 aromatic heterocycles. The van der Waals surface area contributed by atoms with Crippen molar-refractivity contribution in [2.24, 2.45) is 0 Å². The van der Waals surface area contributed by atoms with Gasteiger partial charge in [0.2, 0.25) is 0 Å². The first-order valence-corrected chi connectivity index (χ1v) is 9.98. The molecule has 142 valence electrons. The van der Waals surface area contributed by atoms with E-state index in [0.29, 0.717) is 27.1 Å². The number of benzene rings is 2. The Morgan fingerprint density at radius 1 is 1.04 bits per heavy atom. The van der Waals surface area contributed by atoms with E-state index in [1.165, 1.54) is 11.3 Å². The number of hydrogen-bond donors (Lipinski definition) is 1. The van der Waals surface area contributed by atoms with Gasteiger partial charge in [0.1, 0.15) is 5.75 Å². The molecular formula is C20H15Cl2N3O2S. The van der Waals surface area contributed by atoms with Gasteiger partial charge in [-0.1, -0.05) is 34.4 Å². The zero-order valence-electron chi connectivity index (χ0n) is 15.0. The third-order valence-corrected chi connectivity index (χ3v) is 5.54. The van der Waals surface area contributed by atoms with Crippen molar-refractivity contribution in [1.82, 2.24) is 10.1 Å². The number of rotatable bonds is 5. The topological polar surface area (TPSA) is 60.2 Å². The molecule has 4 rings (SSSR count). The maximum absolute atomic E-state index is 6.36. The first-order valence-electron chi connectivity index (χ1n) is 8.34. The predicted molar refractivity (Wildman–Crippen MR) is 114 cm³/mol. The minimum Gasteiger partial charge on any atom is -0.497 e. The fourth-order valence-electron chi connectivity index (χ4n) is 2.80. The molecule has 0 aliphatic rings. The molecule has 1 N–H and O–H groups in total. The SMILES string of the molecule is COc1ccc(Nc2nc(-c3c(C)noc3-c3c(Cl)cccc3Cl)cs2)cc1. The summed E-state index contributed by atoms with van der Waals surface area (Å²) in [5.74, 6) is 1.31. The van der Waals surface area contributed by atoms with Crippen molar-refractivity contribution >= 4 is 45.4 Å². The van der Waals surface area contributed by atoms with E-state index in [2.05, 4.69) is 15.5 Å². The van der Waals surface area contributed by atoms with Crippen molar-refractivity contribution in [2.75, 3.05) is 12.4 Å². The second-order valence-corrected chi connectivity index (χ2v) is 7.63. The van der Waals surface area contributed by atoms with Crippen LogP contribution >= 0.6 is 34.5 Å². The zero-order valence-corrected chi connectivity index (χ0v) is 17.3. The zero-order chi connectivity index (χ0) is 19.7. The van der Waals surface area contributed by atoms with E-state index >= 15 is 0 Å². The summed E-state index contributed by atoms with van der Waals surface area (Å²) in [6, 6.07) is 13.0. The minimum absolute atomic E-state index is 0.497. The van der Waals surface area contributed by atoms with Crippen molar-refractivity contribution in [3.05, 3.63) is 63.6 Å². The minimum atomic E-state index is 0.497. The summed E-state index contributed by atoms with van der Waals surface area (Å²) >= 11 is 14.2. The number of methoxy groups -OCH3 is 1. The van der Waals surface area contributed by atoms with Crippen molar-refractivity contribution in [3.63, 3.8) is 0 Å². The molecule has 0 fully saturated rings. The molecule has 0 amide bonds. The van der Waals surface area contributed by atoms with Crippen molar-refractivity contribution < 1.29 is 9.26 Å². The highest BCUT2D eigenvalue weighted by molar-refractivity contribution is 7.14. The van der Waals surface area contributed by atoms with Gasteiger partial charge in [0.05, 0.1) is 39.7 Å². The van der Waals surface area contributed by atoms with Gasteiger partial charge in [0.15, 0.2) is 10.9 Å². The van der Waals surface area contributed by atoms with Gasteiger partial charge >= 0.3 is 0 Å². The Morgan fingerprint density at radius 2 is 1.75 bits per heavy atom. The molecule has 0 saturated heterocycles. The fraction of sp³-hybridized carbons (Fsp3) is 0.100. The number of thiazole rings is 1. The molecule has 2 heterocycles. The van der Waals surface area contributed by atoms with Gasteiger partial charge < -0.3 is 14.6 Å². The number of halogens is 2. The largest absolute Gasteiger partial charge is 0.497 e. The van der Waals surface area contributed by atoms with Gasteiger partial charge in [0.25, 0.3) is 0 Å². The van der Waals surface area contributed by atoms with Gasteiger partial charge in [-0.25, -0.2) is 4.98 Å². The Kier molecular flexibility index (Phi) is 5.26. The highest BCUT2D eigenvalue weighted by Gasteiger charge is 2.23. The highest BCUT2D eigenvalue weighted by atomic mass is 35.5. The predicted octanol–water partition coefficient (Wildman–Crippen LogP) is 6.83. The second-order valence-electron chi connectivity index (χ2n) is 5.96. The van der Waals surface area contributed by atoms with Crippen LogP contribution < -0.4 is 10.1 Å². The maximum atomic E-state index is 6.36. The summed E-state index contributed by atoms with van der Waals surface area (Å²) in [4.78, 5) is 4.69. The molecule has 2 aromatic carbocycles. The van der Waals surface area contributed by atoms with Crippen LogP contribution in [0.15, 0.2) is 52.4 Å². The van der Waals surface area contributed by atoms with Gasteiger partial charge in [-0.05, 0) is 43.3 Å². The van der Waals surface area contributed by atoms with Crippen molar-refractivity contribution in [2.45, 2.75) is 6.92 Å². The summed E-state index contributed by atoms with van der Waals surface area (Å²) in [6.45, 7) is 1.86. The first kappa shape index (κ1) is 18.8. The quantitative estimate of drug-likeness (QED) is 0.374. The van der Waals surface area contributed by atoms with Crippen LogP contribution in [0.2, 0.25) is 10.0 Å². The van der Waals surface area contributed by atoms with Crippen LogP contribution in [0.5, 0.6) is 5.75 Å². The Morgan fingerprint density at radius 3 is 2.43 bits per heavy atom. The van der Waals surface area contributed by atoms with Gasteiger partial charge in [0, 0.05) is 11.1 Å². The van der Waals surface area contributed by atoms with E-state index < -0.39 is 0 Å². The van der Waals surface area contributed by atoms with Crippen LogP contribution in [0.25, 0.3) is 22.6 Å². The summed E-state index contributed by atoms with van der Waals surface area (Å²) in [5, 5.41) is 11.1. The van der Waals surface area contributed by atoms with Crippen LogP contribution in [0, 0.1) is 6.92 Å². The highest BCUT2D eigenvalue weighted by Crippen LogP contribution is 2.42. The molecule has 0 aliphatic heterocycles. The average Bonchev–Trinajstić information content (AvgIpc) is 3.29. The van der Waals surface area contributed by atoms with E-state index in [4.69, 9.17) is 32.5 Å². The number of aromatic nitrogens is 2. The third kappa shape index (κ3) is 3.58. The number of nitrogens with one attached hydrogen (secondary N) is 1. The molecule has 0 radical (unpaired) electrons. The number of anilines is 2. The number of aryl methyl sites for hydroxylation is 1. The van der Waals surface area contributed by atoms with Crippen LogP contribution in [-0.4, -0.2) is 17.3 Å². The van der Waals surface area contributed by atoms with Crippen LogP contribution in [0.4, 0.5) is 10.8 Å². The molecule has 4 aromatic rings. The summed E-state index contributed by atoms with van der Waals surface area (Å²) in [6.07, 6.45) is 0. The summed E-state index contributed by atoms with van der Waals surface area (Å²) in [7, 11) is 1.64. The number of nitrogens with zero attached hydrogens (tertiary/aromatic N) is 2. The molecular weight excluding hydrogens is 417 g/mol. The fourth-order valence-corrected chi connectivity index (χ4v) is 4.09. The van der Waals surface area contributed by atoms with Crippen molar-refractivity contribution in [3.8, 4) is 28.3 Å². The average molecular weight is 432 g/mol. The maximum Gasteiger partial charge on any atom is 0.187 e. The Labute approximate surface area is 175 Å². The van der Waals surface area contributed by atoms with Gasteiger partial charge in [-0.2, -0.15) is 0 Å². The van der Waals surface area contributed by atoms with E-state index in [1.807, 2.05) is 36.6 Å². The lowest BCUT2D eigenvalue weighted by atomic mass is 10.0. The molecule has 0 spiro atoms. The Balaban J connectivity index is 1.68. The Bertz CT molecular complexity index is 1100. The van der Waals surface area contributed by atoms with Gasteiger partial charge in [-0.15, -0.1) is 11.3 Å². The number of ether oxygens (including phenoxy) is 1. The molecule has 0 bridgehead atoms. The lowest BCUT2D eigenvalue weighted by Gasteiger charge is -2.05. The molecule has 0 aliphatic carbocycles. The summed E-state index contributed by atoms with van der Waals surface area (Å²) in [5.41, 5.74) is 3.75. The molecule has 0 atom stereocenters. The van der Waals surface area contributed by atoms with Crippen molar-refractivity contribution in [1.29, 1.82) is 0 Å². The standard InChI is InChI=1S/C20H15Cl2N3O2S/c1-11-17(19(27-25-11)18-14(21)4-3-5-15(18)22)16-10-28-20(24-16)23-12-6-8-13(26-2)9-7-12/h3-10H,1-2H3,(H,23,24). The monoisotopic (exact) mass is 431 g/mol. The van der Waals surface area contributed by atoms with E-state index in [9.17, 15) is 0 Å². The summed E-state index contributed by atoms with van der Waals surface area (Å²) < 4.78 is 10.7. The Hall–Kier alpha value is -2.54. The van der Waals surface area contributed by atoms with Crippen LogP contribution in [0.1, 0.15) is 5.69 Å². The second kappa shape index (κ2) is 7.83. The van der Waals surface area contributed by atoms with Crippen LogP contribution in [-0.2, 0) is 0 Å². The number of hydrogen-bond acceptors (Lipinski definition) is 6. The van der Waals surface area contributed by atoms with Gasteiger partial charge in [-0.3, -0.25) is 0 Å². The normalized spacial score (nSPS) is 10.9. The first-order chi connectivity index (χ1) is 13.6. The lowest BCUT2D eigenvalue weighted by Crippen LogP contribution is -1.91.